The molecule has 1 rings (SSSR count). The summed E-state index contributed by atoms with van der Waals surface area (Å²) in [4.78, 5) is 21.8. The minimum absolute atomic E-state index is 0.0122. The molecule has 0 spiro atoms. The molecule has 0 aliphatic heterocycles. The van der Waals surface area contributed by atoms with Crippen LogP contribution in [0.4, 0.5) is 13.2 Å². The molecular weight excluding hydrogens is 307 g/mol. The van der Waals surface area contributed by atoms with Gasteiger partial charge < -0.3 is 10.4 Å². The summed E-state index contributed by atoms with van der Waals surface area (Å²) in [5.74, 6) is -0.804. The molecule has 0 aromatic heterocycles. The van der Waals surface area contributed by atoms with Gasteiger partial charge in [-0.2, -0.15) is 13.2 Å². The number of alkyl halides is 3. The zero-order chi connectivity index (χ0) is 15.9. The van der Waals surface area contributed by atoms with Crippen LogP contribution in [0.2, 0.25) is 0 Å². The van der Waals surface area contributed by atoms with Crippen LogP contribution in [0.25, 0.3) is 0 Å². The average molecular weight is 321 g/mol. The van der Waals surface area contributed by atoms with Crippen molar-refractivity contribution in [2.24, 2.45) is 0 Å². The monoisotopic (exact) mass is 321 g/mol. The number of carboxylic acids is 1. The number of nitrogens with one attached hydrogen (secondary N) is 1. The lowest BCUT2D eigenvalue weighted by molar-refractivity contribution is -0.137. The number of carbonyl (C=O) groups is 2. The predicted octanol–water partition coefficient (Wildman–Crippen LogP) is 2.18. The highest BCUT2D eigenvalue weighted by Crippen LogP contribution is 2.29. The molecule has 0 aliphatic carbocycles. The molecule has 0 saturated heterocycles. The molecule has 0 heterocycles. The SMILES string of the molecule is O=C(O)CSCCNC(=O)Cc1ccc(C(F)(F)F)cc1. The maximum absolute atomic E-state index is 12.4. The van der Waals surface area contributed by atoms with Crippen molar-refractivity contribution in [1.82, 2.24) is 5.32 Å². The number of hydrogen-bond acceptors (Lipinski definition) is 3. The molecular formula is C13H14F3NO3S. The van der Waals surface area contributed by atoms with Gasteiger partial charge in [-0.15, -0.1) is 11.8 Å². The number of carboxylic acid groups (broad SMARTS) is 1. The van der Waals surface area contributed by atoms with E-state index in [0.717, 1.165) is 12.1 Å². The van der Waals surface area contributed by atoms with Gasteiger partial charge >= 0.3 is 12.1 Å². The molecule has 0 saturated carbocycles. The number of benzene rings is 1. The second kappa shape index (κ2) is 7.92. The van der Waals surface area contributed by atoms with Crippen LogP contribution in [-0.2, 0) is 22.2 Å². The minimum atomic E-state index is -4.39. The van der Waals surface area contributed by atoms with Gasteiger partial charge in [0.25, 0.3) is 0 Å². The van der Waals surface area contributed by atoms with Crippen molar-refractivity contribution in [3.05, 3.63) is 35.4 Å². The Balaban J connectivity index is 2.33. The molecule has 4 nitrogen and oxygen atoms in total. The highest BCUT2D eigenvalue weighted by atomic mass is 32.2. The van der Waals surface area contributed by atoms with Crippen molar-refractivity contribution >= 4 is 23.6 Å². The number of rotatable bonds is 7. The van der Waals surface area contributed by atoms with Gasteiger partial charge in [0.05, 0.1) is 17.7 Å². The standard InChI is InChI=1S/C13H14F3NO3S/c14-13(15,16)10-3-1-9(2-4-10)7-11(18)17-5-6-21-8-12(19)20/h1-4H,5-8H2,(H,17,18)(H,19,20). The lowest BCUT2D eigenvalue weighted by Gasteiger charge is -2.08. The fraction of sp³-hybridized carbons (Fsp3) is 0.385. The molecule has 1 aromatic carbocycles. The highest BCUT2D eigenvalue weighted by molar-refractivity contribution is 7.99. The Morgan fingerprint density at radius 2 is 1.81 bits per heavy atom. The van der Waals surface area contributed by atoms with E-state index in [4.69, 9.17) is 5.11 Å². The summed E-state index contributed by atoms with van der Waals surface area (Å²) in [7, 11) is 0. The smallest absolute Gasteiger partial charge is 0.416 e. The van der Waals surface area contributed by atoms with E-state index in [2.05, 4.69) is 5.32 Å². The Labute approximate surface area is 123 Å². The van der Waals surface area contributed by atoms with Gasteiger partial charge in [-0.3, -0.25) is 9.59 Å². The summed E-state index contributed by atoms with van der Waals surface area (Å²) in [6, 6.07) is 4.40. The van der Waals surface area contributed by atoms with Crippen molar-refractivity contribution in [1.29, 1.82) is 0 Å². The molecule has 0 unspecified atom stereocenters. The first-order valence-corrected chi connectivity index (χ1v) is 7.17. The largest absolute Gasteiger partial charge is 0.481 e. The minimum Gasteiger partial charge on any atom is -0.481 e. The molecule has 0 radical (unpaired) electrons. The molecule has 0 fully saturated rings. The Hall–Kier alpha value is -1.70. The summed E-state index contributed by atoms with van der Waals surface area (Å²) < 4.78 is 37.1. The first-order valence-electron chi connectivity index (χ1n) is 6.01. The number of aliphatic carboxylic acids is 1. The van der Waals surface area contributed by atoms with Gasteiger partial charge in [0.2, 0.25) is 5.91 Å². The van der Waals surface area contributed by atoms with Crippen LogP contribution >= 0.6 is 11.8 Å². The number of carbonyl (C=O) groups excluding carboxylic acids is 1. The molecule has 1 aromatic rings. The summed E-state index contributed by atoms with van der Waals surface area (Å²) in [5.41, 5.74) is -0.268. The lowest BCUT2D eigenvalue weighted by Crippen LogP contribution is -2.27. The molecule has 2 N–H and O–H groups in total. The van der Waals surface area contributed by atoms with Crippen LogP contribution in [0.1, 0.15) is 11.1 Å². The van der Waals surface area contributed by atoms with Gasteiger partial charge in [-0.05, 0) is 17.7 Å². The third-order valence-corrected chi connectivity index (χ3v) is 3.38. The van der Waals surface area contributed by atoms with Crippen molar-refractivity contribution in [2.75, 3.05) is 18.1 Å². The van der Waals surface area contributed by atoms with Crippen LogP contribution in [-0.4, -0.2) is 35.0 Å². The van der Waals surface area contributed by atoms with Crippen molar-refractivity contribution < 1.29 is 27.9 Å². The summed E-state index contributed by atoms with van der Waals surface area (Å²) in [6.45, 7) is 0.317. The molecule has 0 aliphatic rings. The summed E-state index contributed by atoms with van der Waals surface area (Å²) in [5, 5.41) is 11.0. The third kappa shape index (κ3) is 7.03. The molecule has 1 amide bonds. The van der Waals surface area contributed by atoms with E-state index in [1.54, 1.807) is 0 Å². The highest BCUT2D eigenvalue weighted by Gasteiger charge is 2.29. The molecule has 21 heavy (non-hydrogen) atoms. The quantitative estimate of drug-likeness (QED) is 0.756. The second-order valence-corrected chi connectivity index (χ2v) is 5.27. The molecule has 0 atom stereocenters. The molecule has 116 valence electrons. The summed E-state index contributed by atoms with van der Waals surface area (Å²) in [6.07, 6.45) is -4.40. The molecule has 8 heteroatoms. The average Bonchev–Trinajstić information content (AvgIpc) is 2.37. The molecule has 0 bridgehead atoms. The zero-order valence-corrected chi connectivity index (χ0v) is 11.8. The van der Waals surface area contributed by atoms with Crippen molar-refractivity contribution in [3.8, 4) is 0 Å². The van der Waals surface area contributed by atoms with E-state index in [1.165, 1.54) is 23.9 Å². The topological polar surface area (TPSA) is 66.4 Å². The number of hydrogen-bond donors (Lipinski definition) is 2. The van der Waals surface area contributed by atoms with Crippen molar-refractivity contribution in [2.45, 2.75) is 12.6 Å². The fourth-order valence-electron chi connectivity index (χ4n) is 1.48. The number of halogens is 3. The van der Waals surface area contributed by atoms with E-state index < -0.39 is 17.7 Å². The third-order valence-electron chi connectivity index (χ3n) is 2.44. The van der Waals surface area contributed by atoms with Crippen LogP contribution in [0.5, 0.6) is 0 Å². The maximum Gasteiger partial charge on any atom is 0.416 e. The van der Waals surface area contributed by atoms with Gasteiger partial charge in [0.1, 0.15) is 0 Å². The zero-order valence-electron chi connectivity index (χ0n) is 10.9. The first-order chi connectivity index (χ1) is 9.79. The van der Waals surface area contributed by atoms with E-state index in [0.29, 0.717) is 17.9 Å². The summed E-state index contributed by atoms with van der Waals surface area (Å²) >= 11 is 1.18. The second-order valence-electron chi connectivity index (χ2n) is 4.17. The van der Waals surface area contributed by atoms with Gasteiger partial charge in [-0.25, -0.2) is 0 Å². The van der Waals surface area contributed by atoms with Crippen LogP contribution in [0.3, 0.4) is 0 Å². The van der Waals surface area contributed by atoms with Gasteiger partial charge in [0.15, 0.2) is 0 Å². The Morgan fingerprint density at radius 1 is 1.19 bits per heavy atom. The van der Waals surface area contributed by atoms with Crippen LogP contribution in [0, 0.1) is 0 Å². The predicted molar refractivity (Wildman–Crippen MR) is 73.1 cm³/mol. The Morgan fingerprint density at radius 3 is 2.33 bits per heavy atom. The van der Waals surface area contributed by atoms with E-state index in [9.17, 15) is 22.8 Å². The van der Waals surface area contributed by atoms with Gasteiger partial charge in [-0.1, -0.05) is 12.1 Å². The number of thioether (sulfide) groups is 1. The van der Waals surface area contributed by atoms with Crippen LogP contribution < -0.4 is 5.32 Å². The maximum atomic E-state index is 12.4. The van der Waals surface area contributed by atoms with E-state index in [-0.39, 0.29) is 18.1 Å². The Bertz CT molecular complexity index is 488. The lowest BCUT2D eigenvalue weighted by atomic mass is 10.1. The van der Waals surface area contributed by atoms with E-state index >= 15 is 0 Å². The first kappa shape index (κ1) is 17.4. The number of amides is 1. The van der Waals surface area contributed by atoms with E-state index in [1.807, 2.05) is 0 Å². The van der Waals surface area contributed by atoms with Crippen molar-refractivity contribution in [3.63, 3.8) is 0 Å². The normalized spacial score (nSPS) is 11.2. The fourth-order valence-corrected chi connectivity index (χ4v) is 2.05. The van der Waals surface area contributed by atoms with Gasteiger partial charge in [0, 0.05) is 12.3 Å². The Kier molecular flexibility index (Phi) is 6.54. The van der Waals surface area contributed by atoms with Crippen LogP contribution in [0.15, 0.2) is 24.3 Å².